The van der Waals surface area contributed by atoms with E-state index in [0.29, 0.717) is 23.4 Å². The van der Waals surface area contributed by atoms with Gasteiger partial charge in [0.15, 0.2) is 11.6 Å². The highest BCUT2D eigenvalue weighted by Gasteiger charge is 2.21. The van der Waals surface area contributed by atoms with Crippen LogP contribution in [-0.2, 0) is 22.6 Å². The van der Waals surface area contributed by atoms with E-state index in [1.54, 1.807) is 38.1 Å². The van der Waals surface area contributed by atoms with Gasteiger partial charge in [0.05, 0.1) is 23.6 Å². The van der Waals surface area contributed by atoms with Crippen LogP contribution in [0.15, 0.2) is 54.6 Å². The van der Waals surface area contributed by atoms with E-state index in [1.165, 1.54) is 30.3 Å². The minimum Gasteiger partial charge on any atom is -0.486 e. The molecule has 8 heteroatoms. The third kappa shape index (κ3) is 6.29. The Bertz CT molecular complexity index is 1180. The summed E-state index contributed by atoms with van der Waals surface area (Å²) < 4.78 is 38.8. The van der Waals surface area contributed by atoms with Crippen molar-refractivity contribution < 1.29 is 27.8 Å². The van der Waals surface area contributed by atoms with Gasteiger partial charge in [0.25, 0.3) is 5.91 Å². The summed E-state index contributed by atoms with van der Waals surface area (Å²) in [4.78, 5) is 24.5. The van der Waals surface area contributed by atoms with Gasteiger partial charge in [-0.2, -0.15) is 0 Å². The zero-order chi connectivity index (χ0) is 24.0. The van der Waals surface area contributed by atoms with Gasteiger partial charge in [0.1, 0.15) is 12.4 Å². The number of ether oxygens (including phenoxy) is 2. The Hall–Kier alpha value is -3.45. The Morgan fingerprint density at radius 2 is 1.82 bits per heavy atom. The Morgan fingerprint density at radius 3 is 2.52 bits per heavy atom. The minimum atomic E-state index is -0.923. The molecule has 3 aromatic rings. The molecule has 0 saturated heterocycles. The molecule has 5 nitrogen and oxygen atoms in total. The number of hydrogen-bond acceptors (Lipinski definition) is 4. The summed E-state index contributed by atoms with van der Waals surface area (Å²) in [5.74, 6) is -2.65. The molecule has 33 heavy (non-hydrogen) atoms. The normalized spacial score (nSPS) is 10.6. The van der Waals surface area contributed by atoms with Crippen LogP contribution >= 0.6 is 11.6 Å². The van der Waals surface area contributed by atoms with Crippen molar-refractivity contribution in [2.75, 3.05) is 11.9 Å². The van der Waals surface area contributed by atoms with Gasteiger partial charge < -0.3 is 14.8 Å². The lowest BCUT2D eigenvalue weighted by molar-refractivity contribution is -0.142. The monoisotopic (exact) mass is 473 g/mol. The summed E-state index contributed by atoms with van der Waals surface area (Å²) in [7, 11) is 0. The Labute approximate surface area is 195 Å². The summed E-state index contributed by atoms with van der Waals surface area (Å²) in [6.45, 7) is 3.69. The summed E-state index contributed by atoms with van der Waals surface area (Å²) in [5, 5.41) is 2.55. The van der Waals surface area contributed by atoms with Crippen LogP contribution in [0.25, 0.3) is 0 Å². The number of hydrogen-bond donors (Lipinski definition) is 1. The molecule has 0 aromatic heterocycles. The number of benzene rings is 3. The Morgan fingerprint density at radius 1 is 1.03 bits per heavy atom. The Balaban J connectivity index is 1.75. The highest BCUT2D eigenvalue weighted by atomic mass is 35.5. The third-order valence-corrected chi connectivity index (χ3v) is 5.07. The van der Waals surface area contributed by atoms with Crippen molar-refractivity contribution in [1.29, 1.82) is 0 Å². The smallest absolute Gasteiger partial charge is 0.310 e. The maximum atomic E-state index is 15.1. The SMILES string of the molecule is CCOC(=O)Cc1ccc(NC(=O)c2c(Cl)ccc(OCc3cccc(F)c3)c2F)c(C)c1. The van der Waals surface area contributed by atoms with Crippen molar-refractivity contribution >= 4 is 29.2 Å². The van der Waals surface area contributed by atoms with Crippen LogP contribution in [-0.4, -0.2) is 18.5 Å². The van der Waals surface area contributed by atoms with E-state index in [2.05, 4.69) is 5.32 Å². The van der Waals surface area contributed by atoms with E-state index in [1.807, 2.05) is 0 Å². The highest BCUT2D eigenvalue weighted by Crippen LogP contribution is 2.29. The summed E-state index contributed by atoms with van der Waals surface area (Å²) >= 11 is 6.10. The number of rotatable bonds is 8. The molecule has 0 radical (unpaired) electrons. The molecule has 0 heterocycles. The van der Waals surface area contributed by atoms with Crippen molar-refractivity contribution in [3.8, 4) is 5.75 Å². The van der Waals surface area contributed by atoms with Gasteiger partial charge in [-0.05, 0) is 60.9 Å². The first-order valence-electron chi connectivity index (χ1n) is 10.2. The number of halogens is 3. The van der Waals surface area contributed by atoms with E-state index >= 15 is 4.39 Å². The first-order chi connectivity index (χ1) is 15.8. The van der Waals surface area contributed by atoms with Crippen molar-refractivity contribution in [3.63, 3.8) is 0 Å². The quantitative estimate of drug-likeness (QED) is 0.416. The predicted octanol–water partition coefficient (Wildman–Crippen LogP) is 5.86. The average molecular weight is 474 g/mol. The van der Waals surface area contributed by atoms with E-state index in [4.69, 9.17) is 21.1 Å². The molecule has 3 aromatic carbocycles. The highest BCUT2D eigenvalue weighted by molar-refractivity contribution is 6.34. The van der Waals surface area contributed by atoms with Gasteiger partial charge in [-0.25, -0.2) is 8.78 Å². The molecular formula is C25H22ClF2NO4. The van der Waals surface area contributed by atoms with E-state index < -0.39 is 17.5 Å². The van der Waals surface area contributed by atoms with Crippen LogP contribution in [0, 0.1) is 18.6 Å². The van der Waals surface area contributed by atoms with Crippen molar-refractivity contribution in [2.24, 2.45) is 0 Å². The van der Waals surface area contributed by atoms with Gasteiger partial charge in [-0.3, -0.25) is 9.59 Å². The number of aryl methyl sites for hydroxylation is 1. The van der Waals surface area contributed by atoms with Gasteiger partial charge in [-0.15, -0.1) is 0 Å². The largest absolute Gasteiger partial charge is 0.486 e. The van der Waals surface area contributed by atoms with Crippen LogP contribution in [0.3, 0.4) is 0 Å². The van der Waals surface area contributed by atoms with Crippen LogP contribution in [0.5, 0.6) is 5.75 Å². The van der Waals surface area contributed by atoms with E-state index in [-0.39, 0.29) is 35.3 Å². The molecule has 0 aliphatic heterocycles. The summed E-state index contributed by atoms with van der Waals surface area (Å²) in [6, 6.07) is 13.4. The zero-order valence-electron chi connectivity index (χ0n) is 18.1. The number of anilines is 1. The molecule has 0 fully saturated rings. The molecule has 1 amide bonds. The maximum Gasteiger partial charge on any atom is 0.310 e. The van der Waals surface area contributed by atoms with Gasteiger partial charge in [-0.1, -0.05) is 35.9 Å². The molecule has 0 spiro atoms. The third-order valence-electron chi connectivity index (χ3n) is 4.76. The molecule has 0 atom stereocenters. The molecule has 0 aliphatic rings. The fourth-order valence-corrected chi connectivity index (χ4v) is 3.41. The lowest BCUT2D eigenvalue weighted by atomic mass is 10.1. The molecule has 1 N–H and O–H groups in total. The predicted molar refractivity (Wildman–Crippen MR) is 122 cm³/mol. The molecule has 172 valence electrons. The summed E-state index contributed by atoms with van der Waals surface area (Å²) in [5.41, 5.74) is 1.98. The van der Waals surface area contributed by atoms with Crippen LogP contribution in [0.2, 0.25) is 5.02 Å². The van der Waals surface area contributed by atoms with Gasteiger partial charge in [0, 0.05) is 5.69 Å². The maximum absolute atomic E-state index is 15.1. The summed E-state index contributed by atoms with van der Waals surface area (Å²) in [6.07, 6.45) is 0.105. The fraction of sp³-hybridized carbons (Fsp3) is 0.200. The molecule has 0 unspecified atom stereocenters. The minimum absolute atomic E-state index is 0.0836. The molecular weight excluding hydrogens is 452 g/mol. The fourth-order valence-electron chi connectivity index (χ4n) is 3.18. The first kappa shape index (κ1) is 24.2. The lowest BCUT2D eigenvalue weighted by Gasteiger charge is -2.14. The lowest BCUT2D eigenvalue weighted by Crippen LogP contribution is -2.16. The van der Waals surface area contributed by atoms with Crippen molar-refractivity contribution in [1.82, 2.24) is 0 Å². The molecule has 0 bridgehead atoms. The standard InChI is InChI=1S/C25H22ClF2NO4/c1-3-32-22(30)13-16-7-9-20(15(2)11-16)29-25(31)23-19(26)8-10-21(24(23)28)33-14-17-5-4-6-18(27)12-17/h4-12H,3,13-14H2,1-2H3,(H,29,31). The van der Waals surface area contributed by atoms with Gasteiger partial charge >= 0.3 is 5.97 Å². The first-order valence-corrected chi connectivity index (χ1v) is 10.6. The molecule has 0 aliphatic carbocycles. The van der Waals surface area contributed by atoms with E-state index in [0.717, 1.165) is 5.56 Å². The molecule has 0 saturated carbocycles. The van der Waals surface area contributed by atoms with Crippen molar-refractivity contribution in [3.05, 3.63) is 93.5 Å². The number of amides is 1. The second-order valence-corrected chi connectivity index (χ2v) is 7.65. The van der Waals surface area contributed by atoms with E-state index in [9.17, 15) is 14.0 Å². The topological polar surface area (TPSA) is 64.6 Å². The van der Waals surface area contributed by atoms with Crippen LogP contribution in [0.4, 0.5) is 14.5 Å². The number of carbonyl (C=O) groups is 2. The number of carbonyl (C=O) groups excluding carboxylic acids is 2. The van der Waals surface area contributed by atoms with Crippen LogP contribution in [0.1, 0.15) is 34.0 Å². The van der Waals surface area contributed by atoms with Crippen molar-refractivity contribution in [2.45, 2.75) is 26.9 Å². The second kappa shape index (κ2) is 10.9. The Kier molecular flexibility index (Phi) is 8.01. The number of esters is 1. The van der Waals surface area contributed by atoms with Crippen LogP contribution < -0.4 is 10.1 Å². The average Bonchev–Trinajstić information content (AvgIpc) is 2.75. The zero-order valence-corrected chi connectivity index (χ0v) is 18.8. The van der Waals surface area contributed by atoms with Gasteiger partial charge in [0.2, 0.25) is 0 Å². The molecule has 3 rings (SSSR count). The second-order valence-electron chi connectivity index (χ2n) is 7.24. The number of nitrogens with one attached hydrogen (secondary N) is 1.